The average Bonchev–Trinajstić information content (AvgIpc) is 2.15. The normalized spacial score (nSPS) is 13.4. The maximum atomic E-state index is 9.56. The van der Waals surface area contributed by atoms with E-state index in [0.717, 1.165) is 12.0 Å². The zero-order valence-corrected chi connectivity index (χ0v) is 8.20. The Bertz CT molecular complexity index is 289. The van der Waals surface area contributed by atoms with Gasteiger partial charge in [-0.25, -0.2) is 0 Å². The van der Waals surface area contributed by atoms with Crippen molar-refractivity contribution < 1.29 is 5.11 Å². The van der Waals surface area contributed by atoms with E-state index in [1.165, 1.54) is 0 Å². The van der Waals surface area contributed by atoms with E-state index in [1.54, 1.807) is 6.07 Å². The minimum Gasteiger partial charge on any atom is -0.508 e. The lowest BCUT2D eigenvalue weighted by Gasteiger charge is -2.10. The first-order valence-electron chi connectivity index (χ1n) is 4.64. The topological polar surface area (TPSA) is 20.2 Å². The van der Waals surface area contributed by atoms with Crippen molar-refractivity contribution in [2.75, 3.05) is 0 Å². The molecule has 0 aromatic heterocycles. The molecule has 1 N–H and O–H groups in total. The molecular formula is C12H16O. The lowest BCUT2D eigenvalue weighted by Crippen LogP contribution is -1.91. The Labute approximate surface area is 79.7 Å². The van der Waals surface area contributed by atoms with E-state index >= 15 is 0 Å². The van der Waals surface area contributed by atoms with E-state index in [4.69, 9.17) is 0 Å². The molecule has 0 radical (unpaired) electrons. The standard InChI is InChI=1S/C12H16O/c1-3-4-7-10(2)11-8-5-6-9-12(11)13/h3-6,8-10,13H,7H2,1-2H3/b4-3-. The molecule has 0 aliphatic heterocycles. The van der Waals surface area contributed by atoms with Crippen LogP contribution >= 0.6 is 0 Å². The second-order valence-electron chi connectivity index (χ2n) is 3.26. The van der Waals surface area contributed by atoms with Gasteiger partial charge in [-0.2, -0.15) is 0 Å². The molecule has 0 aliphatic carbocycles. The first-order chi connectivity index (χ1) is 6.25. The highest BCUT2D eigenvalue weighted by Gasteiger charge is 2.06. The molecule has 1 atom stereocenters. The number of rotatable bonds is 3. The predicted molar refractivity (Wildman–Crippen MR) is 56.0 cm³/mol. The van der Waals surface area contributed by atoms with Gasteiger partial charge in [0, 0.05) is 0 Å². The van der Waals surface area contributed by atoms with Crippen LogP contribution in [0.15, 0.2) is 36.4 Å². The van der Waals surface area contributed by atoms with Gasteiger partial charge in [-0.15, -0.1) is 0 Å². The summed E-state index contributed by atoms with van der Waals surface area (Å²) >= 11 is 0. The summed E-state index contributed by atoms with van der Waals surface area (Å²) in [7, 11) is 0. The number of hydrogen-bond acceptors (Lipinski definition) is 1. The van der Waals surface area contributed by atoms with Gasteiger partial charge in [0.15, 0.2) is 0 Å². The van der Waals surface area contributed by atoms with Crippen molar-refractivity contribution in [3.8, 4) is 5.75 Å². The van der Waals surface area contributed by atoms with Crippen LogP contribution in [0.2, 0.25) is 0 Å². The van der Waals surface area contributed by atoms with Crippen LogP contribution in [0.4, 0.5) is 0 Å². The quantitative estimate of drug-likeness (QED) is 0.699. The molecule has 1 heteroatoms. The summed E-state index contributed by atoms with van der Waals surface area (Å²) in [5, 5.41) is 9.56. The molecule has 1 unspecified atom stereocenters. The molecule has 70 valence electrons. The number of phenolic OH excluding ortho intramolecular Hbond substituents is 1. The average molecular weight is 176 g/mol. The SMILES string of the molecule is C/C=C\CC(C)c1ccccc1O. The second kappa shape index (κ2) is 4.70. The number of phenols is 1. The number of para-hydroxylation sites is 1. The second-order valence-corrected chi connectivity index (χ2v) is 3.26. The maximum absolute atomic E-state index is 9.56. The van der Waals surface area contributed by atoms with Crippen LogP contribution in [0.3, 0.4) is 0 Å². The fourth-order valence-corrected chi connectivity index (χ4v) is 1.37. The largest absolute Gasteiger partial charge is 0.508 e. The Balaban J connectivity index is 2.76. The monoisotopic (exact) mass is 176 g/mol. The summed E-state index contributed by atoms with van der Waals surface area (Å²) in [5.74, 6) is 0.789. The zero-order valence-electron chi connectivity index (χ0n) is 8.20. The van der Waals surface area contributed by atoms with Gasteiger partial charge < -0.3 is 5.11 Å². The predicted octanol–water partition coefficient (Wildman–Crippen LogP) is 3.46. The summed E-state index contributed by atoms with van der Waals surface area (Å²) in [6, 6.07) is 7.52. The fourth-order valence-electron chi connectivity index (χ4n) is 1.37. The van der Waals surface area contributed by atoms with Crippen molar-refractivity contribution in [2.45, 2.75) is 26.2 Å². The fraction of sp³-hybridized carbons (Fsp3) is 0.333. The Morgan fingerprint density at radius 2 is 2.08 bits per heavy atom. The third-order valence-corrected chi connectivity index (χ3v) is 2.19. The number of allylic oxidation sites excluding steroid dienone is 2. The minimum atomic E-state index is 0.386. The van der Waals surface area contributed by atoms with Crippen molar-refractivity contribution in [3.63, 3.8) is 0 Å². The van der Waals surface area contributed by atoms with Crippen LogP contribution in [0, 0.1) is 0 Å². The van der Waals surface area contributed by atoms with E-state index in [9.17, 15) is 5.11 Å². The number of aromatic hydroxyl groups is 1. The van der Waals surface area contributed by atoms with Gasteiger partial charge in [0.05, 0.1) is 0 Å². The van der Waals surface area contributed by atoms with Crippen molar-refractivity contribution >= 4 is 0 Å². The van der Waals surface area contributed by atoms with Gasteiger partial charge >= 0.3 is 0 Å². The van der Waals surface area contributed by atoms with Crippen LogP contribution < -0.4 is 0 Å². The summed E-state index contributed by atoms with van der Waals surface area (Å²) < 4.78 is 0. The molecule has 1 aromatic carbocycles. The third kappa shape index (κ3) is 2.62. The summed E-state index contributed by atoms with van der Waals surface area (Å²) in [6.07, 6.45) is 5.14. The molecule has 0 heterocycles. The first-order valence-corrected chi connectivity index (χ1v) is 4.64. The van der Waals surface area contributed by atoms with Gasteiger partial charge in [-0.3, -0.25) is 0 Å². The Morgan fingerprint density at radius 1 is 1.38 bits per heavy atom. The highest BCUT2D eigenvalue weighted by Crippen LogP contribution is 2.27. The van der Waals surface area contributed by atoms with Crippen molar-refractivity contribution in [3.05, 3.63) is 42.0 Å². The molecular weight excluding hydrogens is 160 g/mol. The highest BCUT2D eigenvalue weighted by molar-refractivity contribution is 5.34. The molecule has 0 saturated heterocycles. The maximum Gasteiger partial charge on any atom is 0.119 e. The third-order valence-electron chi connectivity index (χ3n) is 2.19. The molecule has 0 aliphatic rings. The smallest absolute Gasteiger partial charge is 0.119 e. The molecule has 1 aromatic rings. The molecule has 0 fully saturated rings. The van der Waals surface area contributed by atoms with Gasteiger partial charge in [0.25, 0.3) is 0 Å². The summed E-state index contributed by atoms with van der Waals surface area (Å²) in [6.45, 7) is 4.13. The summed E-state index contributed by atoms with van der Waals surface area (Å²) in [4.78, 5) is 0. The molecule has 0 spiro atoms. The Morgan fingerprint density at radius 3 is 2.69 bits per heavy atom. The van der Waals surface area contributed by atoms with Gasteiger partial charge in [0.2, 0.25) is 0 Å². The Hall–Kier alpha value is -1.24. The van der Waals surface area contributed by atoms with E-state index in [-0.39, 0.29) is 0 Å². The molecule has 0 saturated carbocycles. The van der Waals surface area contributed by atoms with Crippen molar-refractivity contribution in [1.29, 1.82) is 0 Å². The van der Waals surface area contributed by atoms with E-state index in [2.05, 4.69) is 13.0 Å². The van der Waals surface area contributed by atoms with Crippen LogP contribution in [0.25, 0.3) is 0 Å². The van der Waals surface area contributed by atoms with Crippen molar-refractivity contribution in [2.24, 2.45) is 0 Å². The number of hydrogen-bond donors (Lipinski definition) is 1. The van der Waals surface area contributed by atoms with E-state index in [1.807, 2.05) is 31.2 Å². The van der Waals surface area contributed by atoms with Crippen molar-refractivity contribution in [1.82, 2.24) is 0 Å². The van der Waals surface area contributed by atoms with Crippen LogP contribution in [0.1, 0.15) is 31.7 Å². The van der Waals surface area contributed by atoms with E-state index < -0.39 is 0 Å². The first kappa shape index (κ1) is 9.85. The number of benzene rings is 1. The lowest BCUT2D eigenvalue weighted by atomic mass is 9.97. The highest BCUT2D eigenvalue weighted by atomic mass is 16.3. The van der Waals surface area contributed by atoms with Crippen LogP contribution in [-0.4, -0.2) is 5.11 Å². The lowest BCUT2D eigenvalue weighted by molar-refractivity contribution is 0.463. The molecule has 1 rings (SSSR count). The van der Waals surface area contributed by atoms with Gasteiger partial charge in [-0.1, -0.05) is 37.3 Å². The molecule has 0 amide bonds. The Kier molecular flexibility index (Phi) is 3.56. The van der Waals surface area contributed by atoms with Crippen LogP contribution in [0.5, 0.6) is 5.75 Å². The summed E-state index contributed by atoms with van der Waals surface area (Å²) in [5.41, 5.74) is 1.03. The zero-order chi connectivity index (χ0) is 9.68. The van der Waals surface area contributed by atoms with Gasteiger partial charge in [-0.05, 0) is 30.9 Å². The van der Waals surface area contributed by atoms with Gasteiger partial charge in [0.1, 0.15) is 5.75 Å². The van der Waals surface area contributed by atoms with Crippen LogP contribution in [-0.2, 0) is 0 Å². The minimum absolute atomic E-state index is 0.386. The molecule has 13 heavy (non-hydrogen) atoms. The molecule has 1 nitrogen and oxygen atoms in total. The van der Waals surface area contributed by atoms with E-state index in [0.29, 0.717) is 11.7 Å². The molecule has 0 bridgehead atoms.